The molecule has 45 heavy (non-hydrogen) atoms. The van der Waals surface area contributed by atoms with Gasteiger partial charge in [-0.1, -0.05) is 107 Å². The molecule has 5 rings (SSSR count). The topological polar surface area (TPSA) is 68.8 Å². The Morgan fingerprint density at radius 2 is 1.47 bits per heavy atom. The van der Waals surface area contributed by atoms with Crippen LogP contribution in [0.3, 0.4) is 0 Å². The Morgan fingerprint density at radius 1 is 0.844 bits per heavy atom. The lowest BCUT2D eigenvalue weighted by Gasteiger charge is -2.36. The molecule has 1 saturated heterocycles. The molecule has 3 aromatic carbocycles. The lowest BCUT2D eigenvalue weighted by molar-refractivity contribution is -0.133. The number of aromatic nitrogens is 1. The summed E-state index contributed by atoms with van der Waals surface area (Å²) in [5.74, 6) is 0.335. The van der Waals surface area contributed by atoms with Crippen LogP contribution in [0, 0.1) is 5.92 Å². The number of hydrogen-bond donors (Lipinski definition) is 1. The normalized spacial score (nSPS) is 14.7. The summed E-state index contributed by atoms with van der Waals surface area (Å²) < 4.78 is 0. The zero-order valence-electron chi connectivity index (χ0n) is 27.2. The van der Waals surface area contributed by atoms with E-state index >= 15 is 0 Å². The third-order valence-electron chi connectivity index (χ3n) is 9.02. The number of para-hydroxylation sites is 1. The lowest BCUT2D eigenvalue weighted by atomic mass is 9.93. The highest BCUT2D eigenvalue weighted by Crippen LogP contribution is 2.33. The van der Waals surface area contributed by atoms with Crippen molar-refractivity contribution in [2.45, 2.75) is 46.7 Å². The van der Waals surface area contributed by atoms with Crippen molar-refractivity contribution in [3.63, 3.8) is 0 Å². The molecule has 1 aliphatic rings. The van der Waals surface area contributed by atoms with Crippen molar-refractivity contribution in [3.05, 3.63) is 102 Å². The Bertz CT molecular complexity index is 1560. The van der Waals surface area contributed by atoms with Gasteiger partial charge in [0.05, 0.1) is 22.8 Å². The minimum Gasteiger partial charge on any atom is -0.345 e. The van der Waals surface area contributed by atoms with Gasteiger partial charge in [0.15, 0.2) is 0 Å². The van der Waals surface area contributed by atoms with Gasteiger partial charge in [0, 0.05) is 62.2 Å². The van der Waals surface area contributed by atoms with Crippen LogP contribution in [0.15, 0.2) is 84.9 Å². The van der Waals surface area contributed by atoms with Gasteiger partial charge in [0.1, 0.15) is 0 Å². The van der Waals surface area contributed by atoms with E-state index in [2.05, 4.69) is 67.1 Å². The predicted octanol–water partition coefficient (Wildman–Crippen LogP) is 6.41. The molecule has 236 valence electrons. The first kappa shape index (κ1) is 32.3. The molecule has 2 amide bonds. The van der Waals surface area contributed by atoms with Gasteiger partial charge < -0.3 is 15.1 Å². The predicted molar refractivity (Wildman–Crippen MR) is 183 cm³/mol. The number of fused-ring (bicyclic) bond motifs is 1. The Kier molecular flexibility index (Phi) is 11.0. The van der Waals surface area contributed by atoms with Gasteiger partial charge in [-0.3, -0.25) is 14.5 Å². The molecule has 1 aliphatic heterocycles. The van der Waals surface area contributed by atoms with Gasteiger partial charge in [-0.2, -0.15) is 0 Å². The molecule has 4 aromatic rings. The van der Waals surface area contributed by atoms with Gasteiger partial charge in [0.2, 0.25) is 5.91 Å². The van der Waals surface area contributed by atoms with Crippen LogP contribution in [0.1, 0.15) is 61.6 Å². The van der Waals surface area contributed by atoms with Crippen LogP contribution >= 0.6 is 0 Å². The molecule has 1 fully saturated rings. The average molecular weight is 606 g/mol. The summed E-state index contributed by atoms with van der Waals surface area (Å²) in [6.07, 6.45) is 0.553. The number of amides is 2. The lowest BCUT2D eigenvalue weighted by Crippen LogP contribution is -2.49. The Balaban J connectivity index is 1.47. The fourth-order valence-corrected chi connectivity index (χ4v) is 6.34. The molecule has 0 bridgehead atoms. The maximum Gasteiger partial charge on any atom is 0.252 e. The summed E-state index contributed by atoms with van der Waals surface area (Å²) in [6, 6.07) is 28.2. The number of rotatable bonds is 12. The van der Waals surface area contributed by atoms with Crippen molar-refractivity contribution < 1.29 is 9.59 Å². The second kappa shape index (κ2) is 15.3. The third-order valence-corrected chi connectivity index (χ3v) is 9.02. The van der Waals surface area contributed by atoms with Crippen molar-refractivity contribution in [2.24, 2.45) is 5.92 Å². The molecule has 7 heteroatoms. The van der Waals surface area contributed by atoms with E-state index in [4.69, 9.17) is 4.98 Å². The van der Waals surface area contributed by atoms with Crippen LogP contribution in [-0.2, 0) is 11.3 Å². The van der Waals surface area contributed by atoms with Crippen molar-refractivity contribution >= 4 is 22.7 Å². The summed E-state index contributed by atoms with van der Waals surface area (Å²) in [4.78, 5) is 39.3. The Hall–Kier alpha value is -4.07. The van der Waals surface area contributed by atoms with E-state index < -0.39 is 0 Å². The molecule has 1 atom stereocenters. The maximum atomic E-state index is 14.5. The number of piperazine rings is 1. The van der Waals surface area contributed by atoms with Crippen molar-refractivity contribution in [1.29, 1.82) is 0 Å². The number of pyridine rings is 1. The van der Waals surface area contributed by atoms with E-state index in [1.807, 2.05) is 65.6 Å². The molecule has 1 aromatic heterocycles. The number of carbonyl (C=O) groups excluding carboxylic acids is 2. The standard InChI is InChI=1S/C38H47N5O2/c1-5-41(6-2)22-21-34(44)43-25-23-42(24-26-43)27-32-35(38(45)40-36(28(3)4)29-15-9-7-10-16-29)31-19-13-14-20-33(31)39-37(32)30-17-11-8-12-18-30/h7-20,28,36H,5-6,21-27H2,1-4H3,(H,40,45). The van der Waals surface area contributed by atoms with Crippen molar-refractivity contribution in [1.82, 2.24) is 25.0 Å². The number of hydrogen-bond acceptors (Lipinski definition) is 5. The quantitative estimate of drug-likeness (QED) is 0.202. The highest BCUT2D eigenvalue weighted by molar-refractivity contribution is 6.09. The molecule has 0 saturated carbocycles. The molecule has 7 nitrogen and oxygen atoms in total. The van der Waals surface area contributed by atoms with Crippen molar-refractivity contribution in [3.8, 4) is 11.3 Å². The summed E-state index contributed by atoms with van der Waals surface area (Å²) in [5.41, 5.74) is 5.31. The molecule has 1 N–H and O–H groups in total. The summed E-state index contributed by atoms with van der Waals surface area (Å²) in [7, 11) is 0. The van der Waals surface area contributed by atoms with Gasteiger partial charge in [-0.25, -0.2) is 4.98 Å². The van der Waals surface area contributed by atoms with E-state index in [0.717, 1.165) is 66.0 Å². The van der Waals surface area contributed by atoms with E-state index in [0.29, 0.717) is 31.6 Å². The van der Waals surface area contributed by atoms with E-state index in [1.54, 1.807) is 0 Å². The van der Waals surface area contributed by atoms with Gasteiger partial charge in [0.25, 0.3) is 5.91 Å². The fourth-order valence-electron chi connectivity index (χ4n) is 6.34. The second-order valence-electron chi connectivity index (χ2n) is 12.2. The molecular weight excluding hydrogens is 558 g/mol. The van der Waals surface area contributed by atoms with Crippen LogP contribution in [0.2, 0.25) is 0 Å². The monoisotopic (exact) mass is 605 g/mol. The maximum absolute atomic E-state index is 14.5. The van der Waals surface area contributed by atoms with Crippen LogP contribution in [0.5, 0.6) is 0 Å². The van der Waals surface area contributed by atoms with Gasteiger partial charge in [-0.05, 0) is 30.6 Å². The number of carbonyl (C=O) groups is 2. The van der Waals surface area contributed by atoms with Crippen LogP contribution in [0.4, 0.5) is 0 Å². The SMILES string of the molecule is CCN(CC)CCC(=O)N1CCN(Cc2c(-c3ccccc3)nc3ccccc3c2C(=O)NC(c2ccccc2)C(C)C)CC1. The summed E-state index contributed by atoms with van der Waals surface area (Å²) in [6.45, 7) is 14.7. The number of nitrogens with one attached hydrogen (secondary N) is 1. The van der Waals surface area contributed by atoms with E-state index in [1.165, 1.54) is 0 Å². The van der Waals surface area contributed by atoms with Crippen LogP contribution < -0.4 is 5.32 Å². The first-order chi connectivity index (χ1) is 21.9. The van der Waals surface area contributed by atoms with Crippen molar-refractivity contribution in [2.75, 3.05) is 45.8 Å². The largest absolute Gasteiger partial charge is 0.345 e. The van der Waals surface area contributed by atoms with Crippen LogP contribution in [0.25, 0.3) is 22.2 Å². The highest BCUT2D eigenvalue weighted by atomic mass is 16.2. The third kappa shape index (κ3) is 7.78. The zero-order valence-corrected chi connectivity index (χ0v) is 27.2. The zero-order chi connectivity index (χ0) is 31.8. The number of benzene rings is 3. The average Bonchev–Trinajstić information content (AvgIpc) is 3.08. The Morgan fingerprint density at radius 3 is 2.11 bits per heavy atom. The molecule has 2 heterocycles. The van der Waals surface area contributed by atoms with E-state index in [-0.39, 0.29) is 23.8 Å². The first-order valence-corrected chi connectivity index (χ1v) is 16.4. The van der Waals surface area contributed by atoms with Crippen LogP contribution in [-0.4, -0.2) is 77.3 Å². The first-order valence-electron chi connectivity index (χ1n) is 16.4. The molecule has 0 spiro atoms. The van der Waals surface area contributed by atoms with E-state index in [9.17, 15) is 9.59 Å². The minimum absolute atomic E-state index is 0.0893. The highest BCUT2D eigenvalue weighted by Gasteiger charge is 2.28. The molecule has 0 radical (unpaired) electrons. The second-order valence-corrected chi connectivity index (χ2v) is 12.2. The molecule has 0 aliphatic carbocycles. The Labute approximate surface area is 268 Å². The summed E-state index contributed by atoms with van der Waals surface area (Å²) in [5, 5.41) is 4.26. The van der Waals surface area contributed by atoms with Gasteiger partial charge in [-0.15, -0.1) is 0 Å². The van der Waals surface area contributed by atoms with Gasteiger partial charge >= 0.3 is 0 Å². The summed E-state index contributed by atoms with van der Waals surface area (Å²) >= 11 is 0. The molecular formula is C38H47N5O2. The fraction of sp³-hybridized carbons (Fsp3) is 0.395. The number of nitrogens with zero attached hydrogens (tertiary/aromatic N) is 4. The smallest absolute Gasteiger partial charge is 0.252 e. The molecule has 1 unspecified atom stereocenters. The minimum atomic E-state index is -0.135.